The molecular weight excluding hydrogens is 249 g/mol. The second-order valence-electron chi connectivity index (χ2n) is 3.67. The molecule has 1 atom stereocenters. The summed E-state index contributed by atoms with van der Waals surface area (Å²) in [5, 5.41) is 6.96. The lowest BCUT2D eigenvalue weighted by Gasteiger charge is -2.24. The number of pyridine rings is 1. The second kappa shape index (κ2) is 4.89. The summed E-state index contributed by atoms with van der Waals surface area (Å²) in [4.78, 5) is 15.1. The van der Waals surface area contributed by atoms with Crippen molar-refractivity contribution < 1.29 is 4.79 Å². The van der Waals surface area contributed by atoms with Crippen molar-refractivity contribution in [3.63, 3.8) is 0 Å². The van der Waals surface area contributed by atoms with Crippen molar-refractivity contribution in [2.75, 3.05) is 11.9 Å². The molecule has 4 nitrogen and oxygen atoms in total. The number of aromatic nitrogens is 1. The fourth-order valence-electron chi connectivity index (χ4n) is 1.57. The highest BCUT2D eigenvalue weighted by molar-refractivity contribution is 6.35. The third kappa shape index (κ3) is 2.77. The minimum Gasteiger partial charge on any atom is -0.364 e. The van der Waals surface area contributed by atoms with E-state index in [1.165, 1.54) is 6.20 Å². The van der Waals surface area contributed by atoms with E-state index in [0.717, 1.165) is 6.42 Å². The smallest absolute Gasteiger partial charge is 0.220 e. The third-order valence-corrected chi connectivity index (χ3v) is 2.91. The van der Waals surface area contributed by atoms with Crippen LogP contribution in [-0.4, -0.2) is 23.5 Å². The number of rotatable bonds is 2. The standard InChI is InChI=1S/C10H11Cl2N3O/c11-6-3-8(12)10(14-4-6)15-7-1-2-9(16)13-5-7/h3-4,7H,1-2,5H2,(H,13,16)(H,14,15). The molecule has 0 spiro atoms. The van der Waals surface area contributed by atoms with Gasteiger partial charge in [-0.1, -0.05) is 23.2 Å². The first-order valence-corrected chi connectivity index (χ1v) is 5.75. The van der Waals surface area contributed by atoms with Crippen LogP contribution in [-0.2, 0) is 4.79 Å². The molecule has 1 aliphatic heterocycles. The summed E-state index contributed by atoms with van der Waals surface area (Å²) in [5.74, 6) is 0.695. The van der Waals surface area contributed by atoms with E-state index < -0.39 is 0 Å². The largest absolute Gasteiger partial charge is 0.364 e. The van der Waals surface area contributed by atoms with Gasteiger partial charge in [0.2, 0.25) is 5.91 Å². The van der Waals surface area contributed by atoms with Gasteiger partial charge in [-0.15, -0.1) is 0 Å². The molecule has 2 rings (SSSR count). The summed E-state index contributed by atoms with van der Waals surface area (Å²) in [6.45, 7) is 0.597. The summed E-state index contributed by atoms with van der Waals surface area (Å²) >= 11 is 11.7. The molecule has 0 aliphatic carbocycles. The molecule has 1 aromatic rings. The van der Waals surface area contributed by atoms with Gasteiger partial charge in [-0.25, -0.2) is 4.98 Å². The average molecular weight is 260 g/mol. The molecule has 1 fully saturated rings. The number of piperidine rings is 1. The molecule has 2 N–H and O–H groups in total. The first kappa shape index (κ1) is 11.5. The Kier molecular flexibility index (Phi) is 3.51. The van der Waals surface area contributed by atoms with Gasteiger partial charge in [-0.05, 0) is 12.5 Å². The monoisotopic (exact) mass is 259 g/mol. The van der Waals surface area contributed by atoms with E-state index >= 15 is 0 Å². The number of hydrogen-bond donors (Lipinski definition) is 2. The normalized spacial score (nSPS) is 20.4. The van der Waals surface area contributed by atoms with Crippen molar-refractivity contribution in [1.82, 2.24) is 10.3 Å². The maximum atomic E-state index is 11.0. The molecule has 1 amide bonds. The summed E-state index contributed by atoms with van der Waals surface area (Å²) in [6, 6.07) is 1.81. The van der Waals surface area contributed by atoms with Gasteiger partial charge in [0, 0.05) is 25.2 Å². The topological polar surface area (TPSA) is 54.0 Å². The van der Waals surface area contributed by atoms with Crippen molar-refractivity contribution >= 4 is 34.9 Å². The summed E-state index contributed by atoms with van der Waals surface area (Å²) < 4.78 is 0. The van der Waals surface area contributed by atoms with Crippen LogP contribution in [0.1, 0.15) is 12.8 Å². The summed E-state index contributed by atoms with van der Waals surface area (Å²) in [6.07, 6.45) is 2.85. The van der Waals surface area contributed by atoms with Gasteiger partial charge in [-0.3, -0.25) is 4.79 Å². The summed E-state index contributed by atoms with van der Waals surface area (Å²) in [7, 11) is 0. The molecule has 0 bridgehead atoms. The number of amides is 1. The number of anilines is 1. The van der Waals surface area contributed by atoms with Gasteiger partial charge >= 0.3 is 0 Å². The van der Waals surface area contributed by atoms with Crippen LogP contribution in [0.5, 0.6) is 0 Å². The van der Waals surface area contributed by atoms with E-state index in [1.807, 2.05) is 0 Å². The molecule has 16 heavy (non-hydrogen) atoms. The molecular formula is C10H11Cl2N3O. The van der Waals surface area contributed by atoms with Crippen LogP contribution < -0.4 is 10.6 Å². The SMILES string of the molecule is O=C1CCC(Nc2ncc(Cl)cc2Cl)CN1. The van der Waals surface area contributed by atoms with E-state index in [9.17, 15) is 4.79 Å². The quantitative estimate of drug-likeness (QED) is 0.855. The number of carbonyl (C=O) groups excluding carboxylic acids is 1. The van der Waals surface area contributed by atoms with E-state index in [-0.39, 0.29) is 11.9 Å². The van der Waals surface area contributed by atoms with E-state index in [0.29, 0.717) is 28.8 Å². The molecule has 0 radical (unpaired) electrons. The zero-order valence-corrected chi connectivity index (χ0v) is 9.98. The third-order valence-electron chi connectivity index (χ3n) is 2.41. The maximum Gasteiger partial charge on any atom is 0.220 e. The van der Waals surface area contributed by atoms with Gasteiger partial charge in [-0.2, -0.15) is 0 Å². The molecule has 2 heterocycles. The minimum atomic E-state index is 0.0909. The molecule has 1 unspecified atom stereocenters. The highest BCUT2D eigenvalue weighted by atomic mass is 35.5. The minimum absolute atomic E-state index is 0.0909. The molecule has 0 aromatic carbocycles. The number of hydrogen-bond acceptors (Lipinski definition) is 3. The van der Waals surface area contributed by atoms with Crippen LogP contribution in [0.2, 0.25) is 10.0 Å². The Morgan fingerprint density at radius 1 is 1.50 bits per heavy atom. The van der Waals surface area contributed by atoms with E-state index in [4.69, 9.17) is 23.2 Å². The first-order chi connectivity index (χ1) is 7.65. The van der Waals surface area contributed by atoms with Crippen molar-refractivity contribution in [3.8, 4) is 0 Å². The van der Waals surface area contributed by atoms with Crippen molar-refractivity contribution in [2.24, 2.45) is 0 Å². The highest BCUT2D eigenvalue weighted by Crippen LogP contribution is 2.23. The van der Waals surface area contributed by atoms with Gasteiger partial charge in [0.15, 0.2) is 0 Å². The average Bonchev–Trinajstić information content (AvgIpc) is 2.25. The zero-order chi connectivity index (χ0) is 11.5. The lowest BCUT2D eigenvalue weighted by Crippen LogP contribution is -2.42. The number of halogens is 2. The Morgan fingerprint density at radius 2 is 2.31 bits per heavy atom. The Morgan fingerprint density at radius 3 is 2.94 bits per heavy atom. The molecule has 6 heteroatoms. The highest BCUT2D eigenvalue weighted by Gasteiger charge is 2.18. The van der Waals surface area contributed by atoms with Crippen molar-refractivity contribution in [3.05, 3.63) is 22.3 Å². The van der Waals surface area contributed by atoms with Crippen molar-refractivity contribution in [1.29, 1.82) is 0 Å². The predicted octanol–water partition coefficient (Wildman–Crippen LogP) is 2.08. The fourth-order valence-corrected chi connectivity index (χ4v) is 2.00. The predicted molar refractivity (Wildman–Crippen MR) is 63.9 cm³/mol. The number of nitrogens with zero attached hydrogens (tertiary/aromatic N) is 1. The van der Waals surface area contributed by atoms with Crippen LogP contribution in [0.4, 0.5) is 5.82 Å². The van der Waals surface area contributed by atoms with E-state index in [1.54, 1.807) is 6.07 Å². The Balaban J connectivity index is 2.01. The number of nitrogens with one attached hydrogen (secondary N) is 2. The van der Waals surface area contributed by atoms with Crippen LogP contribution in [0, 0.1) is 0 Å². The molecule has 0 saturated carbocycles. The maximum absolute atomic E-state index is 11.0. The van der Waals surface area contributed by atoms with Gasteiger partial charge < -0.3 is 10.6 Å². The number of carbonyl (C=O) groups is 1. The Bertz CT molecular complexity index is 401. The van der Waals surface area contributed by atoms with Crippen LogP contribution in [0.15, 0.2) is 12.3 Å². The lowest BCUT2D eigenvalue weighted by molar-refractivity contribution is -0.122. The van der Waals surface area contributed by atoms with Crippen LogP contribution >= 0.6 is 23.2 Å². The fraction of sp³-hybridized carbons (Fsp3) is 0.400. The van der Waals surface area contributed by atoms with E-state index in [2.05, 4.69) is 15.6 Å². The van der Waals surface area contributed by atoms with Crippen molar-refractivity contribution in [2.45, 2.75) is 18.9 Å². The van der Waals surface area contributed by atoms with Gasteiger partial charge in [0.25, 0.3) is 0 Å². The van der Waals surface area contributed by atoms with Gasteiger partial charge in [0.1, 0.15) is 5.82 Å². The first-order valence-electron chi connectivity index (χ1n) is 4.99. The van der Waals surface area contributed by atoms with Gasteiger partial charge in [0.05, 0.1) is 10.0 Å². The van der Waals surface area contributed by atoms with Crippen LogP contribution in [0.25, 0.3) is 0 Å². The van der Waals surface area contributed by atoms with Crippen LogP contribution in [0.3, 0.4) is 0 Å². The second-order valence-corrected chi connectivity index (χ2v) is 4.51. The summed E-state index contributed by atoms with van der Waals surface area (Å²) in [5.41, 5.74) is 0. The molecule has 1 saturated heterocycles. The zero-order valence-electron chi connectivity index (χ0n) is 8.46. The molecule has 1 aromatic heterocycles. The molecule has 86 valence electrons. The molecule has 1 aliphatic rings. The Labute approximate surface area is 103 Å². The Hall–Kier alpha value is -1.00. The lowest BCUT2D eigenvalue weighted by atomic mass is 10.1.